The Hall–Kier alpha value is 3.27. The maximum Gasteiger partial charge on any atom is 0 e. The molecule has 0 aromatic heterocycles. The topological polar surface area (TPSA) is 0 Å². The molecule has 0 saturated carbocycles. The van der Waals surface area contributed by atoms with Crippen LogP contribution < -0.4 is 0 Å². The van der Waals surface area contributed by atoms with Gasteiger partial charge in [0.15, 0.2) is 0 Å². The molecule has 0 unspecified atom stereocenters. The van der Waals surface area contributed by atoms with Crippen LogP contribution in [0.2, 0.25) is 0 Å². The Morgan fingerprint density at radius 2 is 0.600 bits per heavy atom. The van der Waals surface area contributed by atoms with Gasteiger partial charge in [-0.2, -0.15) is 0 Å². The minimum atomic E-state index is 0. The smallest absolute Gasteiger partial charge is 0 e. The zero-order valence-corrected chi connectivity index (χ0v) is 13.8. The van der Waals surface area contributed by atoms with Crippen LogP contribution in [-0.4, -0.2) is 17.1 Å². The summed E-state index contributed by atoms with van der Waals surface area (Å²) >= 11 is 0. The van der Waals surface area contributed by atoms with Crippen LogP contribution in [0.1, 0.15) is 0 Å². The van der Waals surface area contributed by atoms with Gasteiger partial charge in [0.25, 0.3) is 0 Å². The number of hydrogen-bond acceptors (Lipinski definition) is 0. The van der Waals surface area contributed by atoms with Crippen LogP contribution >= 0.6 is 0 Å². The molecule has 0 aromatic rings. The maximum absolute atomic E-state index is 0. The number of hydrogen-bond donors (Lipinski definition) is 0. The molecule has 0 bridgehead atoms. The fourth-order valence-electron chi connectivity index (χ4n) is 0. The van der Waals surface area contributed by atoms with Crippen molar-refractivity contribution in [3.05, 3.63) is 0 Å². The van der Waals surface area contributed by atoms with Crippen molar-refractivity contribution in [2.45, 2.75) is 0 Å². The van der Waals surface area contributed by atoms with Crippen molar-refractivity contribution < 1.29 is 84.3 Å². The Kier molecular flexibility index (Phi) is 218. The van der Waals surface area contributed by atoms with E-state index in [1.165, 1.54) is 0 Å². The molecule has 0 nitrogen and oxygen atoms in total. The Balaban J connectivity index is 0. The van der Waals surface area contributed by atoms with Crippen LogP contribution in [-0.2, 0) is 84.3 Å². The van der Waals surface area contributed by atoms with E-state index in [0.29, 0.717) is 0 Å². The Morgan fingerprint density at radius 3 is 0.600 bits per heavy atom. The average molecular weight is 640 g/mol. The zero-order chi connectivity index (χ0) is 0. The molecule has 5 heteroatoms. The van der Waals surface area contributed by atoms with Gasteiger partial charge in [-0.25, -0.2) is 0 Å². The minimum absolute atomic E-state index is 0. The molecule has 0 aliphatic heterocycles. The molecule has 0 spiro atoms. The molecule has 0 N–H and O–H groups in total. The van der Waals surface area contributed by atoms with Gasteiger partial charge in [0.05, 0.1) is 0 Å². The Labute approximate surface area is 99.5 Å². The van der Waals surface area contributed by atoms with E-state index in [-0.39, 0.29) is 101 Å². The van der Waals surface area contributed by atoms with Gasteiger partial charge in [0.2, 0.25) is 0 Å². The van der Waals surface area contributed by atoms with Crippen molar-refractivity contribution in [2.75, 3.05) is 0 Å². The molecule has 0 heterocycles. The summed E-state index contributed by atoms with van der Waals surface area (Å²) in [6, 6.07) is 0. The molecule has 0 rings (SSSR count). The van der Waals surface area contributed by atoms with Gasteiger partial charge in [-0.1, -0.05) is 0 Å². The van der Waals surface area contributed by atoms with Crippen LogP contribution in [0.5, 0.6) is 0 Å². The third-order valence-corrected chi connectivity index (χ3v) is 0. The molecule has 0 fully saturated rings. The molecule has 0 aliphatic rings. The normalized spacial score (nSPS) is 0. The Morgan fingerprint density at radius 1 is 0.600 bits per heavy atom. The average Bonchev–Trinajstić information content (AvgIpc) is 0. The summed E-state index contributed by atoms with van der Waals surface area (Å²) in [6.45, 7) is 0. The van der Waals surface area contributed by atoms with Gasteiger partial charge < -0.3 is 0 Å². The molecule has 0 aromatic carbocycles. The van der Waals surface area contributed by atoms with Crippen LogP contribution in [0.25, 0.3) is 0 Å². The molecule has 1 radical (unpaired) electrons. The molecular formula is HMo2SeW2. The second-order valence-electron chi connectivity index (χ2n) is 0. The molecule has 5 heavy (non-hydrogen) atoms. The van der Waals surface area contributed by atoms with Gasteiger partial charge in [-0.3, -0.25) is 0 Å². The first-order valence-electron chi connectivity index (χ1n) is 0. The molecule has 0 saturated heterocycles. The van der Waals surface area contributed by atoms with E-state index in [2.05, 4.69) is 0 Å². The maximum atomic E-state index is 0. The summed E-state index contributed by atoms with van der Waals surface area (Å²) in [6.07, 6.45) is 0. The second-order valence-corrected chi connectivity index (χ2v) is 0. The van der Waals surface area contributed by atoms with Gasteiger partial charge in [0.1, 0.15) is 0 Å². The van der Waals surface area contributed by atoms with Crippen molar-refractivity contribution in [1.82, 2.24) is 0 Å². The summed E-state index contributed by atoms with van der Waals surface area (Å²) in [4.78, 5) is 0. The fraction of sp³-hybridized carbons (Fsp3) is 0. The molecular weight excluding hydrogens is 639 g/mol. The standard InChI is InChI=1S/2Mo.HSe.2W/h;;1H;;. The first-order chi connectivity index (χ1) is 0. The van der Waals surface area contributed by atoms with E-state index in [0.717, 1.165) is 0 Å². The van der Waals surface area contributed by atoms with Gasteiger partial charge in [-0.15, -0.1) is 0 Å². The van der Waals surface area contributed by atoms with E-state index in [9.17, 15) is 0 Å². The van der Waals surface area contributed by atoms with Crippen molar-refractivity contribution in [1.29, 1.82) is 0 Å². The zero-order valence-electron chi connectivity index (χ0n) is 2.08. The SMILES string of the molecule is [Mo].[Mo].[SeH].[W].[W]. The summed E-state index contributed by atoms with van der Waals surface area (Å²) in [5.41, 5.74) is 0. The quantitative estimate of drug-likeness (QED) is 0.309. The third kappa shape index (κ3) is 18.9. The summed E-state index contributed by atoms with van der Waals surface area (Å²) in [5, 5.41) is 0. The minimum Gasteiger partial charge on any atom is 0 e. The first kappa shape index (κ1) is 40.9. The second kappa shape index (κ2) is 26.7. The van der Waals surface area contributed by atoms with E-state index < -0.39 is 0 Å². The van der Waals surface area contributed by atoms with E-state index in [4.69, 9.17) is 0 Å². The Bertz CT molecular complexity index is 7.61. The summed E-state index contributed by atoms with van der Waals surface area (Å²) < 4.78 is 0. The first-order valence-corrected chi connectivity index (χ1v) is 0. The van der Waals surface area contributed by atoms with E-state index in [1.807, 2.05) is 0 Å². The van der Waals surface area contributed by atoms with Gasteiger partial charge in [-0.05, 0) is 0 Å². The van der Waals surface area contributed by atoms with E-state index >= 15 is 0 Å². The predicted molar refractivity (Wildman–Crippen MR) is 7.15 cm³/mol. The number of rotatable bonds is 0. The summed E-state index contributed by atoms with van der Waals surface area (Å²) in [7, 11) is 0. The van der Waals surface area contributed by atoms with Gasteiger partial charge >= 0.3 is 17.1 Å². The van der Waals surface area contributed by atoms with Crippen molar-refractivity contribution in [3.8, 4) is 0 Å². The molecule has 31 valence electrons. The van der Waals surface area contributed by atoms with Crippen molar-refractivity contribution in [3.63, 3.8) is 0 Å². The fourth-order valence-corrected chi connectivity index (χ4v) is 0. The van der Waals surface area contributed by atoms with Crippen LogP contribution in [0.3, 0.4) is 0 Å². The third-order valence-electron chi connectivity index (χ3n) is 0. The van der Waals surface area contributed by atoms with Crippen molar-refractivity contribution in [2.24, 2.45) is 0 Å². The van der Waals surface area contributed by atoms with Crippen LogP contribution in [0.15, 0.2) is 0 Å². The van der Waals surface area contributed by atoms with E-state index in [1.54, 1.807) is 0 Å². The van der Waals surface area contributed by atoms with Crippen molar-refractivity contribution >= 4 is 17.1 Å². The molecule has 0 amide bonds. The monoisotopic (exact) mass is 645 g/mol. The molecule has 0 aliphatic carbocycles. The molecule has 0 atom stereocenters. The largest absolute Gasteiger partial charge is 0 e. The van der Waals surface area contributed by atoms with Crippen LogP contribution in [0.4, 0.5) is 0 Å². The predicted octanol–water partition coefficient (Wildman–Crippen LogP) is -0.659. The van der Waals surface area contributed by atoms with Gasteiger partial charge in [0, 0.05) is 84.3 Å². The van der Waals surface area contributed by atoms with Crippen LogP contribution in [0, 0.1) is 0 Å². The summed E-state index contributed by atoms with van der Waals surface area (Å²) in [5.74, 6) is 0.